The Morgan fingerprint density at radius 3 is 2.40 bits per heavy atom. The average Bonchev–Trinajstić information content (AvgIpc) is 2.42. The topological polar surface area (TPSA) is 67.2 Å². The Bertz CT molecular complexity index is 639. The minimum atomic E-state index is -0.226. The third-order valence-electron chi connectivity index (χ3n) is 2.74. The van der Waals surface area contributed by atoms with Gasteiger partial charge in [-0.15, -0.1) is 0 Å². The lowest BCUT2D eigenvalue weighted by atomic mass is 10.1. The summed E-state index contributed by atoms with van der Waals surface area (Å²) in [6, 6.07) is 10.1. The van der Waals surface area contributed by atoms with E-state index in [-0.39, 0.29) is 5.91 Å². The highest BCUT2D eigenvalue weighted by Crippen LogP contribution is 2.34. The van der Waals surface area contributed by atoms with Crippen LogP contribution in [0.5, 0.6) is 0 Å². The molecule has 1 amide bonds. The van der Waals surface area contributed by atoms with Crippen molar-refractivity contribution in [3.63, 3.8) is 0 Å². The zero-order valence-corrected chi connectivity index (χ0v) is 12.2. The zero-order valence-electron chi connectivity index (χ0n) is 10.7. The van der Waals surface area contributed by atoms with E-state index in [1.165, 1.54) is 0 Å². The minimum Gasteiger partial charge on any atom is -0.399 e. The molecule has 4 N–H and O–H groups in total. The maximum absolute atomic E-state index is 11.8. The lowest BCUT2D eigenvalue weighted by Crippen LogP contribution is -2.19. The number of para-hydroxylation sites is 1. The molecule has 0 bridgehead atoms. The smallest absolute Gasteiger partial charge is 0.253 e. The molecule has 0 aliphatic heterocycles. The number of benzene rings is 2. The molecule has 0 saturated heterocycles. The van der Waals surface area contributed by atoms with Gasteiger partial charge in [0.1, 0.15) is 0 Å². The number of amides is 1. The molecule has 0 heterocycles. The molecule has 0 aliphatic rings. The fraction of sp³-hybridized carbons (Fsp3) is 0.0714. The maximum Gasteiger partial charge on any atom is 0.253 e. The van der Waals surface area contributed by atoms with Gasteiger partial charge in [-0.05, 0) is 30.3 Å². The first kappa shape index (κ1) is 14.5. The summed E-state index contributed by atoms with van der Waals surface area (Å²) in [6.45, 7) is 0. The summed E-state index contributed by atoms with van der Waals surface area (Å²) in [4.78, 5) is 11.8. The minimum absolute atomic E-state index is 0.226. The number of anilines is 3. The fourth-order valence-corrected chi connectivity index (χ4v) is 2.24. The van der Waals surface area contributed by atoms with E-state index in [1.807, 2.05) is 0 Å². The predicted octanol–water partition coefficient (Wildman–Crippen LogP) is 3.68. The number of hydrogen-bond donors (Lipinski definition) is 3. The van der Waals surface area contributed by atoms with Crippen LogP contribution in [-0.2, 0) is 0 Å². The van der Waals surface area contributed by atoms with Crippen molar-refractivity contribution in [2.75, 3.05) is 18.1 Å². The molecule has 0 atom stereocenters. The van der Waals surface area contributed by atoms with Gasteiger partial charge in [0.05, 0.1) is 27.0 Å². The fourth-order valence-electron chi connectivity index (χ4n) is 1.75. The second-order valence-electron chi connectivity index (χ2n) is 4.11. The Labute approximate surface area is 126 Å². The van der Waals surface area contributed by atoms with Crippen molar-refractivity contribution < 1.29 is 4.79 Å². The first-order valence-electron chi connectivity index (χ1n) is 5.85. The van der Waals surface area contributed by atoms with Gasteiger partial charge >= 0.3 is 0 Å². The molecular weight excluding hydrogens is 297 g/mol. The number of halogens is 2. The first-order valence-corrected chi connectivity index (χ1v) is 6.61. The van der Waals surface area contributed by atoms with Gasteiger partial charge in [-0.25, -0.2) is 0 Å². The highest BCUT2D eigenvalue weighted by molar-refractivity contribution is 6.39. The van der Waals surface area contributed by atoms with E-state index in [0.717, 1.165) is 0 Å². The molecule has 20 heavy (non-hydrogen) atoms. The molecule has 0 radical (unpaired) electrons. The molecule has 0 unspecified atom stereocenters. The summed E-state index contributed by atoms with van der Waals surface area (Å²) in [5.41, 5.74) is 7.82. The summed E-state index contributed by atoms with van der Waals surface area (Å²) < 4.78 is 0. The summed E-state index contributed by atoms with van der Waals surface area (Å²) >= 11 is 12.2. The van der Waals surface area contributed by atoms with Crippen LogP contribution >= 0.6 is 23.2 Å². The van der Waals surface area contributed by atoms with E-state index in [2.05, 4.69) is 10.6 Å². The molecule has 2 aromatic carbocycles. The Morgan fingerprint density at radius 2 is 1.80 bits per heavy atom. The molecule has 0 fully saturated rings. The first-order chi connectivity index (χ1) is 9.52. The predicted molar refractivity (Wildman–Crippen MR) is 84.0 cm³/mol. The van der Waals surface area contributed by atoms with E-state index in [9.17, 15) is 4.79 Å². The molecule has 4 nitrogen and oxygen atoms in total. The van der Waals surface area contributed by atoms with Gasteiger partial charge in [0.15, 0.2) is 0 Å². The molecule has 0 aliphatic carbocycles. The number of nitrogen functional groups attached to an aromatic ring is 1. The standard InChI is InChI=1S/C14H13Cl2N3O/c1-18-14(20)9-6-5-8(17)7-12(9)19-13-10(15)3-2-4-11(13)16/h2-7,19H,17H2,1H3,(H,18,20). The monoisotopic (exact) mass is 309 g/mol. The molecule has 0 aromatic heterocycles. The van der Waals surface area contributed by atoms with Crippen LogP contribution in [0.2, 0.25) is 10.0 Å². The van der Waals surface area contributed by atoms with Crippen LogP contribution in [0.25, 0.3) is 0 Å². The van der Waals surface area contributed by atoms with Crippen LogP contribution in [0.3, 0.4) is 0 Å². The lowest BCUT2D eigenvalue weighted by molar-refractivity contribution is 0.0964. The van der Waals surface area contributed by atoms with E-state index in [0.29, 0.717) is 32.7 Å². The highest BCUT2D eigenvalue weighted by atomic mass is 35.5. The van der Waals surface area contributed by atoms with Crippen molar-refractivity contribution in [2.45, 2.75) is 0 Å². The Hall–Kier alpha value is -1.91. The zero-order chi connectivity index (χ0) is 14.7. The van der Waals surface area contributed by atoms with Crippen molar-refractivity contribution in [2.24, 2.45) is 0 Å². The molecule has 2 rings (SSSR count). The maximum atomic E-state index is 11.8. The van der Waals surface area contributed by atoms with Crippen molar-refractivity contribution >= 4 is 46.2 Å². The van der Waals surface area contributed by atoms with Crippen molar-refractivity contribution in [1.29, 1.82) is 0 Å². The van der Waals surface area contributed by atoms with Crippen molar-refractivity contribution in [3.8, 4) is 0 Å². The molecule has 2 aromatic rings. The van der Waals surface area contributed by atoms with E-state index < -0.39 is 0 Å². The molecule has 0 spiro atoms. The number of carbonyl (C=O) groups is 1. The Morgan fingerprint density at radius 1 is 1.15 bits per heavy atom. The molecule has 6 heteroatoms. The summed E-state index contributed by atoms with van der Waals surface area (Å²) in [5, 5.41) is 6.55. The molecular formula is C14H13Cl2N3O. The van der Waals surface area contributed by atoms with Crippen molar-refractivity contribution in [3.05, 3.63) is 52.0 Å². The highest BCUT2D eigenvalue weighted by Gasteiger charge is 2.13. The van der Waals surface area contributed by atoms with Gasteiger partial charge < -0.3 is 16.4 Å². The van der Waals surface area contributed by atoms with Gasteiger partial charge in [-0.2, -0.15) is 0 Å². The quantitative estimate of drug-likeness (QED) is 0.758. The summed E-state index contributed by atoms with van der Waals surface area (Å²) in [5.74, 6) is -0.226. The number of nitrogens with one attached hydrogen (secondary N) is 2. The van der Waals surface area contributed by atoms with E-state index >= 15 is 0 Å². The lowest BCUT2D eigenvalue weighted by Gasteiger charge is -2.14. The van der Waals surface area contributed by atoms with Crippen LogP contribution in [0.4, 0.5) is 17.1 Å². The van der Waals surface area contributed by atoms with Gasteiger partial charge in [0, 0.05) is 12.7 Å². The second kappa shape index (κ2) is 6.03. The molecule has 104 valence electrons. The normalized spacial score (nSPS) is 10.2. The Kier molecular flexibility index (Phi) is 4.37. The third kappa shape index (κ3) is 2.98. The van der Waals surface area contributed by atoms with Gasteiger partial charge in [0.2, 0.25) is 0 Å². The largest absolute Gasteiger partial charge is 0.399 e. The number of rotatable bonds is 3. The number of nitrogens with two attached hydrogens (primary N) is 1. The van der Waals surface area contributed by atoms with Crippen molar-refractivity contribution in [1.82, 2.24) is 5.32 Å². The molecule has 0 saturated carbocycles. The summed E-state index contributed by atoms with van der Waals surface area (Å²) in [7, 11) is 1.56. The van der Waals surface area contributed by atoms with E-state index in [1.54, 1.807) is 43.4 Å². The van der Waals surface area contributed by atoms with Crippen LogP contribution < -0.4 is 16.4 Å². The van der Waals surface area contributed by atoms with Crippen LogP contribution in [0.15, 0.2) is 36.4 Å². The number of hydrogen-bond acceptors (Lipinski definition) is 3. The van der Waals surface area contributed by atoms with Crippen LogP contribution in [-0.4, -0.2) is 13.0 Å². The van der Waals surface area contributed by atoms with Crippen LogP contribution in [0.1, 0.15) is 10.4 Å². The third-order valence-corrected chi connectivity index (χ3v) is 3.37. The average molecular weight is 310 g/mol. The van der Waals surface area contributed by atoms with Gasteiger partial charge in [0.25, 0.3) is 5.91 Å². The summed E-state index contributed by atoms with van der Waals surface area (Å²) in [6.07, 6.45) is 0. The SMILES string of the molecule is CNC(=O)c1ccc(N)cc1Nc1c(Cl)cccc1Cl. The van der Waals surface area contributed by atoms with Gasteiger partial charge in [-0.1, -0.05) is 29.3 Å². The van der Waals surface area contributed by atoms with Gasteiger partial charge in [-0.3, -0.25) is 4.79 Å². The Balaban J connectivity index is 2.47. The number of carbonyl (C=O) groups excluding carboxylic acids is 1. The second-order valence-corrected chi connectivity index (χ2v) is 4.92. The van der Waals surface area contributed by atoms with E-state index in [4.69, 9.17) is 28.9 Å². The van der Waals surface area contributed by atoms with Crippen LogP contribution in [0, 0.1) is 0 Å².